The molecular formula is C14H25N3O5. The average Bonchev–Trinajstić information content (AvgIpc) is 2.46. The Balaban J connectivity index is 2.11. The minimum Gasteiger partial charge on any atom is -0.480 e. The van der Waals surface area contributed by atoms with Crippen LogP contribution in [0, 0.1) is 5.92 Å². The van der Waals surface area contributed by atoms with Crippen molar-refractivity contribution >= 4 is 17.8 Å². The smallest absolute Gasteiger partial charge is 0.320 e. The van der Waals surface area contributed by atoms with Gasteiger partial charge in [0.15, 0.2) is 0 Å². The molecule has 0 aromatic heterocycles. The van der Waals surface area contributed by atoms with Gasteiger partial charge in [0.1, 0.15) is 6.04 Å². The average molecular weight is 315 g/mol. The van der Waals surface area contributed by atoms with E-state index in [2.05, 4.69) is 5.32 Å². The van der Waals surface area contributed by atoms with Gasteiger partial charge in [0.05, 0.1) is 6.54 Å². The lowest BCUT2D eigenvalue weighted by atomic mass is 9.96. The number of unbranched alkanes of at least 4 members (excludes halogenated alkanes) is 1. The van der Waals surface area contributed by atoms with Gasteiger partial charge in [-0.15, -0.1) is 0 Å². The fourth-order valence-corrected chi connectivity index (χ4v) is 2.51. The first-order valence-corrected chi connectivity index (χ1v) is 7.60. The van der Waals surface area contributed by atoms with E-state index in [1.54, 1.807) is 0 Å². The summed E-state index contributed by atoms with van der Waals surface area (Å²) in [6.07, 6.45) is 3.10. The van der Waals surface area contributed by atoms with Crippen molar-refractivity contribution in [2.75, 3.05) is 26.2 Å². The minimum atomic E-state index is -1.00. The van der Waals surface area contributed by atoms with Crippen molar-refractivity contribution < 1.29 is 24.6 Å². The van der Waals surface area contributed by atoms with E-state index >= 15 is 0 Å². The quantitative estimate of drug-likeness (QED) is 0.421. The molecule has 0 aromatic rings. The second-order valence-corrected chi connectivity index (χ2v) is 5.68. The van der Waals surface area contributed by atoms with Crippen LogP contribution in [0.2, 0.25) is 0 Å². The molecule has 8 nitrogen and oxygen atoms in total. The van der Waals surface area contributed by atoms with Crippen LogP contribution in [-0.2, 0) is 14.4 Å². The summed E-state index contributed by atoms with van der Waals surface area (Å²) in [4.78, 5) is 34.9. The van der Waals surface area contributed by atoms with Gasteiger partial charge >= 0.3 is 11.9 Å². The van der Waals surface area contributed by atoms with E-state index in [9.17, 15) is 14.4 Å². The topological polar surface area (TPSA) is 133 Å². The third-order valence-corrected chi connectivity index (χ3v) is 3.88. The van der Waals surface area contributed by atoms with Crippen LogP contribution in [0.1, 0.15) is 32.1 Å². The predicted octanol–water partition coefficient (Wildman–Crippen LogP) is -0.519. The molecule has 1 fully saturated rings. The van der Waals surface area contributed by atoms with Gasteiger partial charge in [-0.05, 0) is 45.2 Å². The van der Waals surface area contributed by atoms with Gasteiger partial charge in [0, 0.05) is 12.5 Å². The van der Waals surface area contributed by atoms with Crippen LogP contribution < -0.4 is 11.1 Å². The number of rotatable bonds is 9. The number of nitrogens with one attached hydrogen (secondary N) is 1. The van der Waals surface area contributed by atoms with E-state index in [-0.39, 0.29) is 18.4 Å². The first kappa shape index (κ1) is 18.4. The Labute approximate surface area is 129 Å². The summed E-state index contributed by atoms with van der Waals surface area (Å²) in [7, 11) is 0. The summed E-state index contributed by atoms with van der Waals surface area (Å²) in [6.45, 7) is 1.79. The Morgan fingerprint density at radius 2 is 1.82 bits per heavy atom. The van der Waals surface area contributed by atoms with Crippen molar-refractivity contribution in [3.63, 3.8) is 0 Å². The molecule has 0 bridgehead atoms. The summed E-state index contributed by atoms with van der Waals surface area (Å²) in [5.74, 6) is -1.91. The number of carbonyl (C=O) groups excluding carboxylic acids is 1. The number of likely N-dealkylation sites (tertiary alicyclic amines) is 1. The number of hydrogen-bond acceptors (Lipinski definition) is 5. The second kappa shape index (κ2) is 9.37. The number of carbonyl (C=O) groups is 3. The van der Waals surface area contributed by atoms with Gasteiger partial charge < -0.3 is 21.3 Å². The summed E-state index contributed by atoms with van der Waals surface area (Å²) < 4.78 is 0. The molecule has 1 atom stereocenters. The van der Waals surface area contributed by atoms with E-state index in [0.29, 0.717) is 51.7 Å². The zero-order valence-electron chi connectivity index (χ0n) is 12.7. The number of nitrogens with zero attached hydrogens (tertiary/aromatic N) is 1. The third-order valence-electron chi connectivity index (χ3n) is 3.88. The van der Waals surface area contributed by atoms with Crippen molar-refractivity contribution in [1.29, 1.82) is 0 Å². The van der Waals surface area contributed by atoms with E-state index in [0.717, 1.165) is 0 Å². The fourth-order valence-electron chi connectivity index (χ4n) is 2.51. The molecule has 1 aliphatic heterocycles. The summed E-state index contributed by atoms with van der Waals surface area (Å²) in [6, 6.07) is -0.839. The Kier molecular flexibility index (Phi) is 7.83. The van der Waals surface area contributed by atoms with Crippen LogP contribution in [0.25, 0.3) is 0 Å². The lowest BCUT2D eigenvalue weighted by molar-refractivity contribution is -0.139. The summed E-state index contributed by atoms with van der Waals surface area (Å²) in [5.41, 5.74) is 5.39. The standard InChI is InChI=1S/C14H25N3O5/c15-11(14(21)22)3-1-2-6-16-13(20)10-4-7-17(8-5-10)9-12(18)19/h10-11H,1-9,15H2,(H,16,20)(H,18,19)(H,21,22)/t11-/m1/s1. The van der Waals surface area contributed by atoms with Gasteiger partial charge in [0.25, 0.3) is 0 Å². The molecule has 0 radical (unpaired) electrons. The molecule has 1 amide bonds. The monoisotopic (exact) mass is 315 g/mol. The number of hydrogen-bond donors (Lipinski definition) is 4. The lowest BCUT2D eigenvalue weighted by Gasteiger charge is -2.29. The molecule has 0 saturated carbocycles. The van der Waals surface area contributed by atoms with Crippen LogP contribution >= 0.6 is 0 Å². The molecule has 1 saturated heterocycles. The van der Waals surface area contributed by atoms with Crippen LogP contribution in [0.15, 0.2) is 0 Å². The number of aliphatic carboxylic acids is 2. The highest BCUT2D eigenvalue weighted by molar-refractivity contribution is 5.78. The highest BCUT2D eigenvalue weighted by atomic mass is 16.4. The Morgan fingerprint density at radius 1 is 1.18 bits per heavy atom. The zero-order valence-corrected chi connectivity index (χ0v) is 12.7. The molecule has 1 heterocycles. The van der Waals surface area contributed by atoms with Gasteiger partial charge in [-0.25, -0.2) is 0 Å². The van der Waals surface area contributed by atoms with E-state index < -0.39 is 18.0 Å². The van der Waals surface area contributed by atoms with E-state index in [1.807, 2.05) is 4.90 Å². The highest BCUT2D eigenvalue weighted by Crippen LogP contribution is 2.17. The number of piperidine rings is 1. The van der Waals surface area contributed by atoms with Gasteiger partial charge in [-0.3, -0.25) is 19.3 Å². The third kappa shape index (κ3) is 6.86. The van der Waals surface area contributed by atoms with Crippen molar-refractivity contribution in [2.24, 2.45) is 11.7 Å². The first-order chi connectivity index (χ1) is 10.4. The van der Waals surface area contributed by atoms with E-state index in [4.69, 9.17) is 15.9 Å². The van der Waals surface area contributed by atoms with Crippen molar-refractivity contribution in [3.05, 3.63) is 0 Å². The van der Waals surface area contributed by atoms with Gasteiger partial charge in [-0.1, -0.05) is 0 Å². The molecule has 0 spiro atoms. The molecule has 1 rings (SSSR count). The molecule has 0 aliphatic carbocycles. The van der Waals surface area contributed by atoms with Crippen molar-refractivity contribution in [2.45, 2.75) is 38.1 Å². The maximum Gasteiger partial charge on any atom is 0.320 e. The second-order valence-electron chi connectivity index (χ2n) is 5.68. The molecule has 1 aliphatic rings. The molecule has 126 valence electrons. The van der Waals surface area contributed by atoms with Gasteiger partial charge in [0.2, 0.25) is 5.91 Å². The van der Waals surface area contributed by atoms with Crippen LogP contribution in [0.3, 0.4) is 0 Å². The van der Waals surface area contributed by atoms with Crippen LogP contribution in [0.4, 0.5) is 0 Å². The largest absolute Gasteiger partial charge is 0.480 e. The predicted molar refractivity (Wildman–Crippen MR) is 79.3 cm³/mol. The number of carboxylic acid groups (broad SMARTS) is 2. The van der Waals surface area contributed by atoms with E-state index in [1.165, 1.54) is 0 Å². The minimum absolute atomic E-state index is 0.00231. The number of carboxylic acids is 2. The van der Waals surface area contributed by atoms with Crippen molar-refractivity contribution in [1.82, 2.24) is 10.2 Å². The number of amides is 1. The summed E-state index contributed by atoms with van der Waals surface area (Å²) in [5, 5.41) is 20.2. The number of nitrogens with two attached hydrogens (primary N) is 1. The molecular weight excluding hydrogens is 290 g/mol. The van der Waals surface area contributed by atoms with Crippen LogP contribution in [0.5, 0.6) is 0 Å². The Hall–Kier alpha value is -1.67. The molecule has 8 heteroatoms. The zero-order chi connectivity index (χ0) is 16.5. The molecule has 0 aromatic carbocycles. The highest BCUT2D eigenvalue weighted by Gasteiger charge is 2.25. The maximum atomic E-state index is 12.0. The SMILES string of the molecule is N[C@H](CCCCNC(=O)C1CCN(CC(=O)O)CC1)C(=O)O. The Morgan fingerprint density at radius 3 is 2.36 bits per heavy atom. The fraction of sp³-hybridized carbons (Fsp3) is 0.786. The first-order valence-electron chi connectivity index (χ1n) is 7.60. The lowest BCUT2D eigenvalue weighted by Crippen LogP contribution is -2.42. The molecule has 5 N–H and O–H groups in total. The maximum absolute atomic E-state index is 12.0. The van der Waals surface area contributed by atoms with Crippen LogP contribution in [-0.4, -0.2) is 65.2 Å². The molecule has 22 heavy (non-hydrogen) atoms. The molecule has 0 unspecified atom stereocenters. The normalized spacial score (nSPS) is 17.9. The Bertz CT molecular complexity index is 394. The van der Waals surface area contributed by atoms with Crippen molar-refractivity contribution in [3.8, 4) is 0 Å². The van der Waals surface area contributed by atoms with Gasteiger partial charge in [-0.2, -0.15) is 0 Å². The summed E-state index contributed by atoms with van der Waals surface area (Å²) >= 11 is 0.